The van der Waals surface area contributed by atoms with Gasteiger partial charge in [0.2, 0.25) is 0 Å². The summed E-state index contributed by atoms with van der Waals surface area (Å²) < 4.78 is 22.6. The lowest BCUT2D eigenvalue weighted by Crippen LogP contribution is -2.00. The Bertz CT molecular complexity index is 1310. The van der Waals surface area contributed by atoms with Crippen LogP contribution in [0.15, 0.2) is 48.5 Å². The first-order valence-electron chi connectivity index (χ1n) is 9.76. The predicted molar refractivity (Wildman–Crippen MR) is 146 cm³/mol. The average molecular weight is 644 g/mol. The van der Waals surface area contributed by atoms with Gasteiger partial charge in [-0.2, -0.15) is 0 Å². The number of halogens is 8. The van der Waals surface area contributed by atoms with Crippen LogP contribution in [-0.2, 0) is 0 Å². The van der Waals surface area contributed by atoms with E-state index < -0.39 is 0 Å². The van der Waals surface area contributed by atoms with E-state index in [-0.39, 0.29) is 0 Å². The van der Waals surface area contributed by atoms with E-state index in [9.17, 15) is 0 Å². The second kappa shape index (κ2) is 10.3. The summed E-state index contributed by atoms with van der Waals surface area (Å²) in [5, 5.41) is 3.25. The predicted octanol–water partition coefficient (Wildman–Crippen LogP) is 12.4. The van der Waals surface area contributed by atoms with Crippen molar-refractivity contribution in [2.24, 2.45) is 0 Å². The molecule has 2 aliphatic rings. The molecule has 2 aliphatic heterocycles. The van der Waals surface area contributed by atoms with Gasteiger partial charge in [-0.25, -0.2) is 0 Å². The zero-order valence-electron chi connectivity index (χ0n) is 17.3. The fourth-order valence-corrected chi connectivity index (χ4v) is 5.34. The van der Waals surface area contributed by atoms with Gasteiger partial charge in [-0.15, -0.1) is 0 Å². The molecule has 0 aromatic heterocycles. The van der Waals surface area contributed by atoms with Crippen LogP contribution in [0.25, 0.3) is 0 Å². The number of benzene rings is 4. The maximum atomic E-state index is 6.04. The smallest absolute Gasteiger partial charge is 0.188 e. The van der Waals surface area contributed by atoms with E-state index in [4.69, 9.17) is 112 Å². The molecule has 0 N–H and O–H groups in total. The number of ether oxygens (including phenoxy) is 4. The lowest BCUT2D eigenvalue weighted by Gasteiger charge is -2.22. The summed E-state index contributed by atoms with van der Waals surface area (Å²) in [6.07, 6.45) is 0. The molecule has 0 aliphatic carbocycles. The Labute approximate surface area is 244 Å². The van der Waals surface area contributed by atoms with E-state index in [1.165, 1.54) is 0 Å². The highest BCUT2D eigenvalue weighted by molar-refractivity contribution is 6.38. The highest BCUT2D eigenvalue weighted by Gasteiger charge is 2.26. The van der Waals surface area contributed by atoms with Crippen LogP contribution in [0.4, 0.5) is 0 Å². The molecule has 4 nitrogen and oxygen atoms in total. The van der Waals surface area contributed by atoms with Crippen LogP contribution in [0.3, 0.4) is 0 Å². The molecule has 0 bridgehead atoms. The Morgan fingerprint density at radius 2 is 0.528 bits per heavy atom. The van der Waals surface area contributed by atoms with Crippen molar-refractivity contribution in [3.63, 3.8) is 0 Å². The minimum Gasteiger partial charge on any atom is -0.449 e. The second-order valence-electron chi connectivity index (χ2n) is 7.27. The van der Waals surface area contributed by atoms with Gasteiger partial charge in [-0.3, -0.25) is 0 Å². The monoisotopic (exact) mass is 640 g/mol. The van der Waals surface area contributed by atoms with Crippen molar-refractivity contribution in [2.75, 3.05) is 0 Å². The van der Waals surface area contributed by atoms with Crippen molar-refractivity contribution in [2.45, 2.75) is 0 Å². The molecule has 4 aromatic carbocycles. The summed E-state index contributed by atoms with van der Waals surface area (Å²) in [6, 6.07) is 12.7. The summed E-state index contributed by atoms with van der Waals surface area (Å²) in [4.78, 5) is 0. The standard InChI is InChI=1S/2C12H4Cl4O2/c2*13-5-1-7(15)11-9(3-5)17-10-4-6(14)2-8(16)12(10)18-11/h2*1-4H. The molecular formula is C24H8Cl8O4. The van der Waals surface area contributed by atoms with Crippen LogP contribution in [0.1, 0.15) is 0 Å². The van der Waals surface area contributed by atoms with E-state index in [0.717, 1.165) is 0 Å². The third-order valence-corrected chi connectivity index (χ3v) is 6.74. The first kappa shape index (κ1) is 26.0. The molecule has 0 radical (unpaired) electrons. The van der Waals surface area contributed by atoms with Crippen LogP contribution in [0, 0.1) is 0 Å². The average Bonchev–Trinajstić information content (AvgIpc) is 2.77. The van der Waals surface area contributed by atoms with E-state index >= 15 is 0 Å². The largest absolute Gasteiger partial charge is 0.449 e. The van der Waals surface area contributed by atoms with E-state index in [0.29, 0.717) is 86.2 Å². The molecule has 36 heavy (non-hydrogen) atoms. The van der Waals surface area contributed by atoms with Gasteiger partial charge in [0.1, 0.15) is 0 Å². The molecular weight excluding hydrogens is 636 g/mol. The SMILES string of the molecule is Clc1cc(Cl)c2c(c1)Oc1cc(Cl)cc(Cl)c1O2.Clc1cc(Cl)c2c(c1)Oc1cc(Cl)cc(Cl)c1O2. The lowest BCUT2D eigenvalue weighted by atomic mass is 10.2. The third kappa shape index (κ3) is 5.20. The fourth-order valence-electron chi connectivity index (χ4n) is 3.29. The highest BCUT2D eigenvalue weighted by Crippen LogP contribution is 2.54. The summed E-state index contributed by atoms with van der Waals surface area (Å²) >= 11 is 47.8. The zero-order chi connectivity index (χ0) is 25.7. The van der Waals surface area contributed by atoms with Crippen LogP contribution in [0.2, 0.25) is 40.2 Å². The van der Waals surface area contributed by atoms with Gasteiger partial charge in [-0.05, 0) is 24.3 Å². The van der Waals surface area contributed by atoms with Crippen LogP contribution in [-0.4, -0.2) is 0 Å². The minimum atomic E-state index is 0.356. The molecule has 0 fully saturated rings. The van der Waals surface area contributed by atoms with E-state index in [2.05, 4.69) is 0 Å². The molecule has 0 amide bonds. The quantitative estimate of drug-likeness (QED) is 0.165. The van der Waals surface area contributed by atoms with Gasteiger partial charge in [0, 0.05) is 44.4 Å². The maximum Gasteiger partial charge on any atom is 0.188 e. The van der Waals surface area contributed by atoms with Crippen LogP contribution < -0.4 is 18.9 Å². The molecule has 0 saturated heterocycles. The topological polar surface area (TPSA) is 36.9 Å². The third-order valence-electron chi connectivity index (χ3n) is 4.75. The van der Waals surface area contributed by atoms with E-state index in [1.54, 1.807) is 48.5 Å². The normalized spacial score (nSPS) is 12.2. The molecule has 0 unspecified atom stereocenters. The molecule has 12 heteroatoms. The van der Waals surface area contributed by atoms with Gasteiger partial charge in [0.15, 0.2) is 46.0 Å². The number of fused-ring (bicyclic) bond motifs is 4. The zero-order valence-corrected chi connectivity index (χ0v) is 23.3. The summed E-state index contributed by atoms with van der Waals surface area (Å²) in [7, 11) is 0. The van der Waals surface area contributed by atoms with Crippen LogP contribution in [0.5, 0.6) is 46.0 Å². The van der Waals surface area contributed by atoms with Crippen molar-refractivity contribution >= 4 is 92.8 Å². The first-order valence-corrected chi connectivity index (χ1v) is 12.8. The molecule has 0 atom stereocenters. The van der Waals surface area contributed by atoms with Crippen LogP contribution >= 0.6 is 92.8 Å². The van der Waals surface area contributed by atoms with Crippen molar-refractivity contribution in [1.29, 1.82) is 0 Å². The minimum absolute atomic E-state index is 0.356. The van der Waals surface area contributed by atoms with E-state index in [1.807, 2.05) is 0 Å². The fraction of sp³-hybridized carbons (Fsp3) is 0. The lowest BCUT2D eigenvalue weighted by molar-refractivity contribution is 0.360. The van der Waals surface area contributed by atoms with Gasteiger partial charge in [0.05, 0.1) is 20.1 Å². The Hall–Kier alpha value is -1.60. The summed E-state index contributed by atoms with van der Waals surface area (Å²) in [5.41, 5.74) is 0. The van der Waals surface area contributed by atoms with Crippen molar-refractivity contribution in [1.82, 2.24) is 0 Å². The molecule has 4 aromatic rings. The van der Waals surface area contributed by atoms with Gasteiger partial charge in [-0.1, -0.05) is 92.8 Å². The Morgan fingerprint density at radius 1 is 0.306 bits per heavy atom. The summed E-state index contributed by atoms with van der Waals surface area (Å²) in [5.74, 6) is 3.26. The maximum absolute atomic E-state index is 6.04. The van der Waals surface area contributed by atoms with Gasteiger partial charge >= 0.3 is 0 Å². The molecule has 0 spiro atoms. The van der Waals surface area contributed by atoms with Gasteiger partial charge in [0.25, 0.3) is 0 Å². The molecule has 2 heterocycles. The van der Waals surface area contributed by atoms with Crippen molar-refractivity contribution < 1.29 is 18.9 Å². The van der Waals surface area contributed by atoms with Crippen molar-refractivity contribution in [3.05, 3.63) is 88.7 Å². The van der Waals surface area contributed by atoms with Gasteiger partial charge < -0.3 is 18.9 Å². The molecule has 6 rings (SSSR count). The Morgan fingerprint density at radius 3 is 0.750 bits per heavy atom. The second-order valence-corrected chi connectivity index (χ2v) is 10.6. The first-order chi connectivity index (χ1) is 17.1. The Kier molecular flexibility index (Phi) is 7.43. The Balaban J connectivity index is 0.000000148. The highest BCUT2D eigenvalue weighted by atomic mass is 35.5. The number of hydrogen-bond acceptors (Lipinski definition) is 4. The number of hydrogen-bond donors (Lipinski definition) is 0. The number of rotatable bonds is 0. The summed E-state index contributed by atoms with van der Waals surface area (Å²) in [6.45, 7) is 0. The molecule has 184 valence electrons. The molecule has 0 saturated carbocycles. The van der Waals surface area contributed by atoms with Crippen molar-refractivity contribution in [3.8, 4) is 46.0 Å².